The number of hydrogen-bond donors (Lipinski definition) is 3. The Kier molecular flexibility index (Phi) is 12.9. The molecule has 0 aliphatic rings. The predicted molar refractivity (Wildman–Crippen MR) is 170 cm³/mol. The Morgan fingerprint density at radius 2 is 1.60 bits per heavy atom. The van der Waals surface area contributed by atoms with E-state index in [1.807, 2.05) is 20.8 Å². The van der Waals surface area contributed by atoms with Gasteiger partial charge in [0.05, 0.1) is 7.11 Å². The molecule has 4 atom stereocenters. The zero-order valence-corrected chi connectivity index (χ0v) is 27.5. The van der Waals surface area contributed by atoms with Gasteiger partial charge in [0.25, 0.3) is 5.91 Å². The number of phenols is 1. The normalized spacial score (nSPS) is 14.3. The number of nitrogens with zero attached hydrogens (tertiary/aromatic N) is 1. The van der Waals surface area contributed by atoms with Crippen LogP contribution in [0.1, 0.15) is 91.8 Å². The van der Waals surface area contributed by atoms with Crippen molar-refractivity contribution in [2.45, 2.75) is 105 Å². The van der Waals surface area contributed by atoms with Crippen molar-refractivity contribution < 1.29 is 29.0 Å². The van der Waals surface area contributed by atoms with E-state index < -0.39 is 41.6 Å². The van der Waals surface area contributed by atoms with Crippen molar-refractivity contribution in [2.75, 3.05) is 12.4 Å². The first-order valence-electron chi connectivity index (χ1n) is 15.1. The number of para-hydroxylation sites is 1. The SMILES string of the molecule is CCC(C)C(NC(=O)OC(C)(C)C)C(=O)N(C(C)CCC(C)C)C(C(=O)Nc1ccc(OC)cc1)c1cccc(C)c1O. The Labute approximate surface area is 257 Å². The second kappa shape index (κ2) is 15.6. The number of amides is 3. The standard InChI is InChI=1S/C34H51N3O6/c1-11-22(4)28(36-33(41)43-34(7,8)9)32(40)37(24(6)16-15-21(2)3)29(27-14-12-13-23(5)30(27)38)31(39)35-25-17-19-26(42-10)20-18-25/h12-14,17-22,24,28-29,38H,11,15-16H2,1-10H3,(H,35,39)(H,36,41). The highest BCUT2D eigenvalue weighted by Gasteiger charge is 2.41. The Balaban J connectivity index is 2.70. The second-order valence-corrected chi connectivity index (χ2v) is 12.7. The molecule has 9 heteroatoms. The smallest absolute Gasteiger partial charge is 0.408 e. The van der Waals surface area contributed by atoms with E-state index in [0.717, 1.165) is 6.42 Å². The fourth-order valence-corrected chi connectivity index (χ4v) is 4.80. The minimum atomic E-state index is -1.19. The van der Waals surface area contributed by atoms with E-state index in [1.54, 1.807) is 77.3 Å². The largest absolute Gasteiger partial charge is 0.507 e. The van der Waals surface area contributed by atoms with Gasteiger partial charge in [-0.1, -0.05) is 52.3 Å². The summed E-state index contributed by atoms with van der Waals surface area (Å²) in [6.45, 7) is 16.9. The summed E-state index contributed by atoms with van der Waals surface area (Å²) in [6, 6.07) is 9.48. The highest BCUT2D eigenvalue weighted by molar-refractivity contribution is 5.99. The van der Waals surface area contributed by atoms with Gasteiger partial charge in [0, 0.05) is 17.3 Å². The zero-order chi connectivity index (χ0) is 32.5. The van der Waals surface area contributed by atoms with Crippen LogP contribution < -0.4 is 15.4 Å². The van der Waals surface area contributed by atoms with Crippen LogP contribution in [-0.4, -0.2) is 52.7 Å². The van der Waals surface area contributed by atoms with E-state index in [1.165, 1.54) is 4.90 Å². The number of benzene rings is 2. The fraction of sp³-hybridized carbons (Fsp3) is 0.559. The number of nitrogens with one attached hydrogen (secondary N) is 2. The van der Waals surface area contributed by atoms with Gasteiger partial charge in [0.1, 0.15) is 29.2 Å². The summed E-state index contributed by atoms with van der Waals surface area (Å²) in [6.07, 6.45) is 1.31. The van der Waals surface area contributed by atoms with Gasteiger partial charge in [0.2, 0.25) is 5.91 Å². The van der Waals surface area contributed by atoms with Crippen molar-refractivity contribution >= 4 is 23.6 Å². The van der Waals surface area contributed by atoms with Gasteiger partial charge in [-0.05, 0) is 89.1 Å². The Morgan fingerprint density at radius 3 is 2.14 bits per heavy atom. The van der Waals surface area contributed by atoms with E-state index >= 15 is 0 Å². The predicted octanol–water partition coefficient (Wildman–Crippen LogP) is 6.98. The lowest BCUT2D eigenvalue weighted by Crippen LogP contribution is -2.57. The van der Waals surface area contributed by atoms with Gasteiger partial charge in [-0.15, -0.1) is 0 Å². The third kappa shape index (κ3) is 10.2. The van der Waals surface area contributed by atoms with Gasteiger partial charge >= 0.3 is 6.09 Å². The summed E-state index contributed by atoms with van der Waals surface area (Å²) in [5, 5.41) is 17.0. The van der Waals surface area contributed by atoms with Crippen molar-refractivity contribution in [1.82, 2.24) is 10.2 Å². The van der Waals surface area contributed by atoms with E-state index in [0.29, 0.717) is 41.3 Å². The third-order valence-electron chi connectivity index (χ3n) is 7.49. The molecular formula is C34H51N3O6. The molecule has 0 aromatic heterocycles. The summed E-state index contributed by atoms with van der Waals surface area (Å²) in [4.78, 5) is 43.4. The third-order valence-corrected chi connectivity index (χ3v) is 7.49. The number of anilines is 1. The maximum Gasteiger partial charge on any atom is 0.408 e. The molecule has 0 aliphatic carbocycles. The summed E-state index contributed by atoms with van der Waals surface area (Å²) in [5.74, 6) is -0.246. The number of rotatable bonds is 13. The summed E-state index contributed by atoms with van der Waals surface area (Å²) in [7, 11) is 1.56. The number of methoxy groups -OCH3 is 1. The average molecular weight is 598 g/mol. The molecule has 0 saturated carbocycles. The number of aryl methyl sites for hydroxylation is 1. The number of ether oxygens (including phenoxy) is 2. The lowest BCUT2D eigenvalue weighted by atomic mass is 9.92. The van der Waals surface area contributed by atoms with E-state index in [-0.39, 0.29) is 11.7 Å². The van der Waals surface area contributed by atoms with Crippen LogP contribution in [0.25, 0.3) is 0 Å². The molecule has 0 fully saturated rings. The second-order valence-electron chi connectivity index (χ2n) is 12.7. The van der Waals surface area contributed by atoms with Crippen LogP contribution in [0, 0.1) is 18.8 Å². The lowest BCUT2D eigenvalue weighted by Gasteiger charge is -2.40. The monoisotopic (exact) mass is 597 g/mol. The van der Waals surface area contributed by atoms with Crippen molar-refractivity contribution in [3.8, 4) is 11.5 Å². The Bertz CT molecular complexity index is 1220. The topological polar surface area (TPSA) is 117 Å². The number of carbonyl (C=O) groups is 3. The Hall–Kier alpha value is -3.75. The molecule has 0 spiro atoms. The minimum absolute atomic E-state index is 0.0635. The maximum atomic E-state index is 14.7. The molecule has 0 heterocycles. The number of carbonyl (C=O) groups excluding carboxylic acids is 3. The average Bonchev–Trinajstić information content (AvgIpc) is 2.93. The zero-order valence-electron chi connectivity index (χ0n) is 27.5. The molecule has 2 rings (SSSR count). The number of alkyl carbamates (subject to hydrolysis) is 1. The molecule has 0 saturated heterocycles. The molecular weight excluding hydrogens is 546 g/mol. The maximum absolute atomic E-state index is 14.7. The van der Waals surface area contributed by atoms with Gasteiger partial charge in [-0.2, -0.15) is 0 Å². The van der Waals surface area contributed by atoms with Crippen LogP contribution >= 0.6 is 0 Å². The summed E-state index contributed by atoms with van der Waals surface area (Å²) < 4.78 is 10.8. The van der Waals surface area contributed by atoms with Crippen LogP contribution in [0.4, 0.5) is 10.5 Å². The fourth-order valence-electron chi connectivity index (χ4n) is 4.80. The van der Waals surface area contributed by atoms with E-state index in [4.69, 9.17) is 9.47 Å². The van der Waals surface area contributed by atoms with Crippen molar-refractivity contribution in [3.63, 3.8) is 0 Å². The van der Waals surface area contributed by atoms with Gasteiger partial charge in [0.15, 0.2) is 0 Å². The molecule has 0 radical (unpaired) electrons. The van der Waals surface area contributed by atoms with Gasteiger partial charge in [-0.25, -0.2) is 4.79 Å². The molecule has 4 unspecified atom stereocenters. The number of hydrogen-bond acceptors (Lipinski definition) is 6. The van der Waals surface area contributed by atoms with Crippen molar-refractivity contribution in [2.24, 2.45) is 11.8 Å². The molecule has 9 nitrogen and oxygen atoms in total. The van der Waals surface area contributed by atoms with Crippen LogP contribution in [0.5, 0.6) is 11.5 Å². The van der Waals surface area contributed by atoms with Crippen LogP contribution in [0.3, 0.4) is 0 Å². The Morgan fingerprint density at radius 1 is 0.977 bits per heavy atom. The number of phenolic OH excluding ortho intramolecular Hbond substituents is 1. The first-order valence-corrected chi connectivity index (χ1v) is 15.1. The minimum Gasteiger partial charge on any atom is -0.507 e. The highest BCUT2D eigenvalue weighted by atomic mass is 16.6. The quantitative estimate of drug-likeness (QED) is 0.229. The molecule has 2 aromatic carbocycles. The summed E-state index contributed by atoms with van der Waals surface area (Å²) in [5.41, 5.74) is 0.629. The van der Waals surface area contributed by atoms with Crippen LogP contribution in [-0.2, 0) is 14.3 Å². The van der Waals surface area contributed by atoms with Gasteiger partial charge in [-0.3, -0.25) is 9.59 Å². The van der Waals surface area contributed by atoms with Crippen molar-refractivity contribution in [1.29, 1.82) is 0 Å². The molecule has 2 aromatic rings. The molecule has 238 valence electrons. The summed E-state index contributed by atoms with van der Waals surface area (Å²) >= 11 is 0. The van der Waals surface area contributed by atoms with E-state index in [2.05, 4.69) is 24.5 Å². The highest BCUT2D eigenvalue weighted by Crippen LogP contribution is 2.36. The molecule has 3 N–H and O–H groups in total. The molecule has 43 heavy (non-hydrogen) atoms. The molecule has 0 aliphatic heterocycles. The lowest BCUT2D eigenvalue weighted by molar-refractivity contribution is -0.144. The van der Waals surface area contributed by atoms with Gasteiger partial charge < -0.3 is 30.1 Å². The molecule has 0 bridgehead atoms. The van der Waals surface area contributed by atoms with Crippen LogP contribution in [0.2, 0.25) is 0 Å². The first kappa shape index (κ1) is 35.4. The van der Waals surface area contributed by atoms with Crippen LogP contribution in [0.15, 0.2) is 42.5 Å². The molecule has 3 amide bonds. The van der Waals surface area contributed by atoms with Crippen molar-refractivity contribution in [3.05, 3.63) is 53.6 Å². The number of aromatic hydroxyl groups is 1. The first-order chi connectivity index (χ1) is 20.1. The van der Waals surface area contributed by atoms with E-state index in [9.17, 15) is 19.5 Å².